The number of hydrogen-bond acceptors (Lipinski definition) is 6. The van der Waals surface area contributed by atoms with Crippen molar-refractivity contribution in [1.82, 2.24) is 10.4 Å². The molecule has 0 radical (unpaired) electrons. The van der Waals surface area contributed by atoms with E-state index in [1.807, 2.05) is 12.1 Å². The molecule has 1 aliphatic heterocycles. The average Bonchev–Trinajstić information content (AvgIpc) is 2.49. The third kappa shape index (κ3) is 3.73. The third-order valence-electron chi connectivity index (χ3n) is 2.62. The molecule has 1 aromatic heterocycles. The van der Waals surface area contributed by atoms with Crippen molar-refractivity contribution in [3.63, 3.8) is 0 Å². The van der Waals surface area contributed by atoms with Gasteiger partial charge >= 0.3 is 6.09 Å². The Balaban J connectivity index is 2.19. The topological polar surface area (TPSA) is 82.0 Å². The number of nitrogens with zero attached hydrogens (tertiary/aromatic N) is 2. The lowest BCUT2D eigenvalue weighted by Crippen LogP contribution is -2.33. The van der Waals surface area contributed by atoms with Gasteiger partial charge in [-0.2, -0.15) is 5.10 Å². The molecule has 0 spiro atoms. The monoisotopic (exact) mass is 265 g/mol. The van der Waals surface area contributed by atoms with Gasteiger partial charge in [0.25, 0.3) is 0 Å². The maximum absolute atomic E-state index is 11.1. The standard InChI is InChI=1S/C12H15N3O4/c1-17-12(16)15-14-11(9-2-4-13-5-3-9)10-6-18-8-19-7-10/h2-5,10H,6-8H2,1H3,(H,15,16). The predicted molar refractivity (Wildman–Crippen MR) is 66.6 cm³/mol. The van der Waals surface area contributed by atoms with Gasteiger partial charge in [0.2, 0.25) is 0 Å². The molecule has 1 aliphatic rings. The van der Waals surface area contributed by atoms with Crippen molar-refractivity contribution in [3.8, 4) is 0 Å². The van der Waals surface area contributed by atoms with Crippen LogP contribution < -0.4 is 5.43 Å². The molecule has 2 heterocycles. The Morgan fingerprint density at radius 2 is 2.11 bits per heavy atom. The van der Waals surface area contributed by atoms with E-state index in [-0.39, 0.29) is 12.7 Å². The summed E-state index contributed by atoms with van der Waals surface area (Å²) in [4.78, 5) is 15.1. The summed E-state index contributed by atoms with van der Waals surface area (Å²) in [7, 11) is 1.28. The van der Waals surface area contributed by atoms with Gasteiger partial charge in [0.1, 0.15) is 6.79 Å². The second-order valence-electron chi connectivity index (χ2n) is 3.89. The van der Waals surface area contributed by atoms with E-state index < -0.39 is 6.09 Å². The molecule has 102 valence electrons. The van der Waals surface area contributed by atoms with Crippen LogP contribution in [0.5, 0.6) is 0 Å². The van der Waals surface area contributed by atoms with Crippen LogP contribution >= 0.6 is 0 Å². The van der Waals surface area contributed by atoms with Crippen LogP contribution in [0.25, 0.3) is 0 Å². The van der Waals surface area contributed by atoms with Gasteiger partial charge in [0.05, 0.1) is 32.0 Å². The molecule has 2 rings (SSSR count). The maximum atomic E-state index is 11.1. The summed E-state index contributed by atoms with van der Waals surface area (Å²) in [5, 5.41) is 4.09. The first kappa shape index (κ1) is 13.4. The highest BCUT2D eigenvalue weighted by Gasteiger charge is 2.22. The smallest absolute Gasteiger partial charge is 0.427 e. The Morgan fingerprint density at radius 1 is 1.42 bits per heavy atom. The lowest BCUT2D eigenvalue weighted by atomic mass is 9.98. The van der Waals surface area contributed by atoms with E-state index in [0.29, 0.717) is 18.9 Å². The number of carbonyl (C=O) groups is 1. The van der Waals surface area contributed by atoms with Gasteiger partial charge < -0.3 is 14.2 Å². The first-order valence-corrected chi connectivity index (χ1v) is 5.78. The lowest BCUT2D eigenvalue weighted by molar-refractivity contribution is -0.111. The average molecular weight is 265 g/mol. The minimum atomic E-state index is -0.621. The molecular formula is C12H15N3O4. The number of aromatic nitrogens is 1. The van der Waals surface area contributed by atoms with Crippen LogP contribution in [0.15, 0.2) is 29.6 Å². The van der Waals surface area contributed by atoms with Gasteiger partial charge in [0.15, 0.2) is 0 Å². The number of hydrogen-bond donors (Lipinski definition) is 1. The van der Waals surface area contributed by atoms with Gasteiger partial charge in [-0.1, -0.05) is 0 Å². The zero-order valence-corrected chi connectivity index (χ0v) is 10.5. The summed E-state index contributed by atoms with van der Waals surface area (Å²) < 4.78 is 15.0. The number of hydrazone groups is 1. The van der Waals surface area contributed by atoms with E-state index in [1.165, 1.54) is 7.11 Å². The van der Waals surface area contributed by atoms with Gasteiger partial charge in [-0.15, -0.1) is 0 Å². The Bertz CT molecular complexity index is 444. The SMILES string of the molecule is COC(=O)NN=C(c1ccncc1)C1COCOC1. The molecule has 0 aliphatic carbocycles. The third-order valence-corrected chi connectivity index (χ3v) is 2.62. The van der Waals surface area contributed by atoms with Gasteiger partial charge in [-0.25, -0.2) is 10.2 Å². The van der Waals surface area contributed by atoms with Crippen molar-refractivity contribution in [1.29, 1.82) is 0 Å². The number of rotatable bonds is 3. The Morgan fingerprint density at radius 3 is 2.74 bits per heavy atom. The summed E-state index contributed by atoms with van der Waals surface area (Å²) in [5.41, 5.74) is 3.85. The van der Waals surface area contributed by atoms with Crippen molar-refractivity contribution in [2.75, 3.05) is 27.1 Å². The van der Waals surface area contributed by atoms with Crippen LogP contribution in [0, 0.1) is 5.92 Å². The van der Waals surface area contributed by atoms with E-state index >= 15 is 0 Å². The zero-order chi connectivity index (χ0) is 13.5. The summed E-state index contributed by atoms with van der Waals surface area (Å²) >= 11 is 0. The highest BCUT2D eigenvalue weighted by Crippen LogP contribution is 2.14. The minimum absolute atomic E-state index is 0.0479. The summed E-state index contributed by atoms with van der Waals surface area (Å²) in [5.74, 6) is -0.0479. The van der Waals surface area contributed by atoms with E-state index in [4.69, 9.17) is 9.47 Å². The number of amides is 1. The van der Waals surface area contributed by atoms with Crippen molar-refractivity contribution in [2.45, 2.75) is 0 Å². The highest BCUT2D eigenvalue weighted by atomic mass is 16.7. The van der Waals surface area contributed by atoms with E-state index in [0.717, 1.165) is 5.56 Å². The van der Waals surface area contributed by atoms with Crippen LogP contribution in [-0.4, -0.2) is 43.9 Å². The van der Waals surface area contributed by atoms with E-state index in [2.05, 4.69) is 20.2 Å². The summed E-state index contributed by atoms with van der Waals surface area (Å²) in [6, 6.07) is 3.62. The number of ether oxygens (including phenoxy) is 3. The Hall–Kier alpha value is -1.99. The van der Waals surface area contributed by atoms with Crippen molar-refractivity contribution in [2.24, 2.45) is 11.0 Å². The molecule has 0 bridgehead atoms. The Kier molecular flexibility index (Phi) is 4.82. The minimum Gasteiger partial charge on any atom is -0.452 e. The predicted octanol–water partition coefficient (Wildman–Crippen LogP) is 0.762. The molecular weight excluding hydrogens is 250 g/mol. The highest BCUT2D eigenvalue weighted by molar-refractivity contribution is 6.02. The molecule has 1 amide bonds. The van der Waals surface area contributed by atoms with Crippen molar-refractivity contribution < 1.29 is 19.0 Å². The fourth-order valence-electron chi connectivity index (χ4n) is 1.71. The van der Waals surface area contributed by atoms with Crippen molar-refractivity contribution in [3.05, 3.63) is 30.1 Å². The number of pyridine rings is 1. The van der Waals surface area contributed by atoms with Crippen LogP contribution in [0.2, 0.25) is 0 Å². The fraction of sp³-hybridized carbons (Fsp3) is 0.417. The quantitative estimate of drug-likeness (QED) is 0.644. The zero-order valence-electron chi connectivity index (χ0n) is 10.5. The van der Waals surface area contributed by atoms with Gasteiger partial charge in [-0.05, 0) is 12.1 Å². The molecule has 1 fully saturated rings. The number of methoxy groups -OCH3 is 1. The molecule has 1 N–H and O–H groups in total. The molecule has 0 saturated carbocycles. The molecule has 7 heteroatoms. The number of carbonyl (C=O) groups excluding carboxylic acids is 1. The first-order valence-electron chi connectivity index (χ1n) is 5.78. The van der Waals surface area contributed by atoms with Crippen LogP contribution in [0.1, 0.15) is 5.56 Å². The first-order chi connectivity index (χ1) is 9.31. The molecule has 19 heavy (non-hydrogen) atoms. The van der Waals surface area contributed by atoms with Crippen LogP contribution in [0.4, 0.5) is 4.79 Å². The summed E-state index contributed by atoms with van der Waals surface area (Å²) in [6.07, 6.45) is 2.70. The maximum Gasteiger partial charge on any atom is 0.427 e. The van der Waals surface area contributed by atoms with Crippen LogP contribution in [-0.2, 0) is 14.2 Å². The molecule has 0 atom stereocenters. The normalized spacial score (nSPS) is 17.0. The largest absolute Gasteiger partial charge is 0.452 e. The van der Waals surface area contributed by atoms with E-state index in [9.17, 15) is 4.79 Å². The molecule has 1 saturated heterocycles. The molecule has 7 nitrogen and oxygen atoms in total. The van der Waals surface area contributed by atoms with Gasteiger partial charge in [0, 0.05) is 18.0 Å². The van der Waals surface area contributed by atoms with Crippen molar-refractivity contribution >= 4 is 11.8 Å². The lowest BCUT2D eigenvalue weighted by Gasteiger charge is -2.23. The fourth-order valence-corrected chi connectivity index (χ4v) is 1.71. The second kappa shape index (κ2) is 6.81. The summed E-state index contributed by atoms with van der Waals surface area (Å²) in [6.45, 7) is 1.26. The molecule has 0 aromatic carbocycles. The van der Waals surface area contributed by atoms with Gasteiger partial charge in [-0.3, -0.25) is 4.98 Å². The molecule has 0 unspecified atom stereocenters. The van der Waals surface area contributed by atoms with Crippen LogP contribution in [0.3, 0.4) is 0 Å². The second-order valence-corrected chi connectivity index (χ2v) is 3.89. The molecule has 1 aromatic rings. The Labute approximate surface area is 110 Å². The van der Waals surface area contributed by atoms with E-state index in [1.54, 1.807) is 12.4 Å². The number of nitrogens with one attached hydrogen (secondary N) is 1.